The first-order valence-corrected chi connectivity index (χ1v) is 5.39. The van der Waals surface area contributed by atoms with Gasteiger partial charge in [-0.1, -0.05) is 28.1 Å². The van der Waals surface area contributed by atoms with Crippen LogP contribution in [0.4, 0.5) is 5.82 Å². The summed E-state index contributed by atoms with van der Waals surface area (Å²) < 4.78 is 1.05. The Bertz CT molecular complexity index is 425. The zero-order chi connectivity index (χ0) is 9.26. The van der Waals surface area contributed by atoms with Crippen LogP contribution >= 0.6 is 27.3 Å². The van der Waals surface area contributed by atoms with Crippen molar-refractivity contribution in [3.8, 4) is 10.4 Å². The molecule has 1 heterocycles. The van der Waals surface area contributed by atoms with Crippen LogP contribution in [0.15, 0.2) is 34.2 Å². The third-order valence-electron chi connectivity index (χ3n) is 1.68. The van der Waals surface area contributed by atoms with E-state index < -0.39 is 0 Å². The zero-order valence-electron chi connectivity index (χ0n) is 6.70. The molecule has 0 atom stereocenters. The van der Waals surface area contributed by atoms with Crippen LogP contribution in [-0.2, 0) is 0 Å². The summed E-state index contributed by atoms with van der Waals surface area (Å²) >= 11 is 4.97. The molecule has 0 radical (unpaired) electrons. The van der Waals surface area contributed by atoms with Gasteiger partial charge in [-0.15, -0.1) is 11.3 Å². The van der Waals surface area contributed by atoms with E-state index in [1.165, 1.54) is 0 Å². The van der Waals surface area contributed by atoms with Crippen molar-refractivity contribution in [1.29, 1.82) is 0 Å². The van der Waals surface area contributed by atoms with Crippen molar-refractivity contribution < 1.29 is 0 Å². The quantitative estimate of drug-likeness (QED) is 0.850. The molecular weight excluding hydrogens is 248 g/mol. The lowest BCUT2D eigenvalue weighted by Crippen LogP contribution is -1.86. The Balaban J connectivity index is 2.53. The number of anilines is 1. The van der Waals surface area contributed by atoms with Crippen molar-refractivity contribution >= 4 is 33.1 Å². The lowest BCUT2D eigenvalue weighted by Gasteiger charge is -1.98. The third kappa shape index (κ3) is 1.73. The summed E-state index contributed by atoms with van der Waals surface area (Å²) in [5, 5.41) is 0. The van der Waals surface area contributed by atoms with Gasteiger partial charge in [0.05, 0.1) is 10.4 Å². The Morgan fingerprint density at radius 2 is 2.23 bits per heavy atom. The number of thiazole rings is 1. The van der Waals surface area contributed by atoms with Crippen molar-refractivity contribution in [3.05, 3.63) is 34.2 Å². The number of hydrogen-bond donors (Lipinski definition) is 1. The zero-order valence-corrected chi connectivity index (χ0v) is 9.10. The maximum Gasteiger partial charge on any atom is 0.142 e. The van der Waals surface area contributed by atoms with Gasteiger partial charge < -0.3 is 5.73 Å². The van der Waals surface area contributed by atoms with Crippen LogP contribution in [-0.4, -0.2) is 4.98 Å². The van der Waals surface area contributed by atoms with Gasteiger partial charge in [-0.25, -0.2) is 4.98 Å². The lowest BCUT2D eigenvalue weighted by atomic mass is 10.2. The van der Waals surface area contributed by atoms with Crippen LogP contribution in [0.5, 0.6) is 0 Å². The Morgan fingerprint density at radius 1 is 1.38 bits per heavy atom. The SMILES string of the molecule is Nc1ncsc1-c1cccc(Br)c1. The van der Waals surface area contributed by atoms with Gasteiger partial charge in [-0.2, -0.15) is 0 Å². The topological polar surface area (TPSA) is 38.9 Å². The molecule has 66 valence electrons. The van der Waals surface area contributed by atoms with Crippen molar-refractivity contribution in [2.45, 2.75) is 0 Å². The Kier molecular flexibility index (Phi) is 2.33. The minimum atomic E-state index is 0.600. The highest BCUT2D eigenvalue weighted by Crippen LogP contribution is 2.30. The first-order chi connectivity index (χ1) is 6.27. The number of nitrogens with two attached hydrogens (primary N) is 1. The van der Waals surface area contributed by atoms with Gasteiger partial charge in [0.2, 0.25) is 0 Å². The molecule has 0 saturated carbocycles. The van der Waals surface area contributed by atoms with Crippen molar-refractivity contribution in [2.75, 3.05) is 5.73 Å². The Hall–Kier alpha value is -0.870. The lowest BCUT2D eigenvalue weighted by molar-refractivity contribution is 1.42. The molecule has 0 aliphatic carbocycles. The van der Waals surface area contributed by atoms with E-state index in [0.717, 1.165) is 14.9 Å². The molecule has 2 aromatic rings. The van der Waals surface area contributed by atoms with E-state index in [1.54, 1.807) is 16.8 Å². The third-order valence-corrected chi connectivity index (χ3v) is 3.07. The van der Waals surface area contributed by atoms with Gasteiger partial charge in [0.15, 0.2) is 0 Å². The predicted octanol–water partition coefficient (Wildman–Crippen LogP) is 3.15. The minimum absolute atomic E-state index is 0.600. The maximum absolute atomic E-state index is 5.71. The summed E-state index contributed by atoms with van der Waals surface area (Å²) in [6, 6.07) is 8.03. The molecule has 0 aliphatic heterocycles. The summed E-state index contributed by atoms with van der Waals surface area (Å²) in [5.41, 5.74) is 8.57. The molecule has 0 unspecified atom stereocenters. The fourth-order valence-electron chi connectivity index (χ4n) is 1.10. The highest BCUT2D eigenvalue weighted by Gasteiger charge is 2.04. The van der Waals surface area contributed by atoms with Gasteiger partial charge in [-0.3, -0.25) is 0 Å². The molecular formula is C9H7BrN2S. The van der Waals surface area contributed by atoms with E-state index in [1.807, 2.05) is 24.3 Å². The summed E-state index contributed by atoms with van der Waals surface area (Å²) in [7, 11) is 0. The van der Waals surface area contributed by atoms with Gasteiger partial charge in [0, 0.05) is 4.47 Å². The smallest absolute Gasteiger partial charge is 0.142 e. The van der Waals surface area contributed by atoms with Crippen molar-refractivity contribution in [1.82, 2.24) is 4.98 Å². The standard InChI is InChI=1S/C9H7BrN2S/c10-7-3-1-2-6(4-7)8-9(11)12-5-13-8/h1-5H,11H2. The van der Waals surface area contributed by atoms with E-state index in [2.05, 4.69) is 20.9 Å². The number of rotatable bonds is 1. The first kappa shape index (κ1) is 8.72. The second-order valence-electron chi connectivity index (χ2n) is 2.58. The van der Waals surface area contributed by atoms with Gasteiger partial charge in [0.1, 0.15) is 5.82 Å². The maximum atomic E-state index is 5.71. The molecule has 2 nitrogen and oxygen atoms in total. The fraction of sp³-hybridized carbons (Fsp3) is 0. The molecule has 0 aliphatic rings. The highest BCUT2D eigenvalue weighted by molar-refractivity contribution is 9.10. The molecule has 0 saturated heterocycles. The van der Waals surface area contributed by atoms with E-state index in [4.69, 9.17) is 5.73 Å². The van der Waals surface area contributed by atoms with Crippen LogP contribution in [0.2, 0.25) is 0 Å². The number of nitrogens with zero attached hydrogens (tertiary/aromatic N) is 1. The van der Waals surface area contributed by atoms with Gasteiger partial charge >= 0.3 is 0 Å². The average molecular weight is 255 g/mol. The molecule has 1 aromatic carbocycles. The van der Waals surface area contributed by atoms with E-state index in [9.17, 15) is 0 Å². The number of nitrogen functional groups attached to an aromatic ring is 1. The first-order valence-electron chi connectivity index (χ1n) is 3.72. The Morgan fingerprint density at radius 3 is 2.85 bits per heavy atom. The molecule has 0 spiro atoms. The minimum Gasteiger partial charge on any atom is -0.382 e. The summed E-state index contributed by atoms with van der Waals surface area (Å²) in [4.78, 5) is 5.03. The van der Waals surface area contributed by atoms with Crippen LogP contribution in [0.25, 0.3) is 10.4 Å². The monoisotopic (exact) mass is 254 g/mol. The van der Waals surface area contributed by atoms with Crippen molar-refractivity contribution in [2.24, 2.45) is 0 Å². The van der Waals surface area contributed by atoms with E-state index in [0.29, 0.717) is 5.82 Å². The molecule has 0 amide bonds. The second-order valence-corrected chi connectivity index (χ2v) is 4.35. The normalized spacial score (nSPS) is 10.2. The largest absolute Gasteiger partial charge is 0.382 e. The highest BCUT2D eigenvalue weighted by atomic mass is 79.9. The summed E-state index contributed by atoms with van der Waals surface area (Å²) in [6.07, 6.45) is 0. The van der Waals surface area contributed by atoms with E-state index >= 15 is 0 Å². The summed E-state index contributed by atoms with van der Waals surface area (Å²) in [5.74, 6) is 0.600. The van der Waals surface area contributed by atoms with Gasteiger partial charge in [0.25, 0.3) is 0 Å². The van der Waals surface area contributed by atoms with Crippen LogP contribution in [0.1, 0.15) is 0 Å². The Labute approximate surface area is 88.6 Å². The number of hydrogen-bond acceptors (Lipinski definition) is 3. The average Bonchev–Trinajstić information content (AvgIpc) is 2.51. The summed E-state index contributed by atoms with van der Waals surface area (Å²) in [6.45, 7) is 0. The molecule has 1 aromatic heterocycles. The van der Waals surface area contributed by atoms with Crippen LogP contribution < -0.4 is 5.73 Å². The van der Waals surface area contributed by atoms with Gasteiger partial charge in [-0.05, 0) is 17.7 Å². The number of halogens is 1. The van der Waals surface area contributed by atoms with Crippen molar-refractivity contribution in [3.63, 3.8) is 0 Å². The molecule has 2 N–H and O–H groups in total. The fourth-order valence-corrected chi connectivity index (χ4v) is 2.21. The second kappa shape index (κ2) is 3.47. The molecule has 13 heavy (non-hydrogen) atoms. The predicted molar refractivity (Wildman–Crippen MR) is 59.7 cm³/mol. The molecule has 4 heteroatoms. The van der Waals surface area contributed by atoms with Crippen LogP contribution in [0, 0.1) is 0 Å². The molecule has 0 bridgehead atoms. The number of benzene rings is 1. The molecule has 2 rings (SSSR count). The number of aromatic nitrogens is 1. The molecule has 0 fully saturated rings. The van der Waals surface area contributed by atoms with E-state index in [-0.39, 0.29) is 0 Å². The van der Waals surface area contributed by atoms with Crippen LogP contribution in [0.3, 0.4) is 0 Å².